The van der Waals surface area contributed by atoms with E-state index in [0.29, 0.717) is 4.90 Å². The first kappa shape index (κ1) is 16.8. The number of nitrogens with zero attached hydrogens (tertiary/aromatic N) is 1. The van der Waals surface area contributed by atoms with Crippen molar-refractivity contribution in [3.05, 3.63) is 29.1 Å². The fourth-order valence-electron chi connectivity index (χ4n) is 1.99. The third kappa shape index (κ3) is 3.27. The number of anilines is 1. The molecule has 3 nitrogen and oxygen atoms in total. The van der Waals surface area contributed by atoms with Crippen LogP contribution in [0.25, 0.3) is 0 Å². The second kappa shape index (κ2) is 5.65. The van der Waals surface area contributed by atoms with Crippen molar-refractivity contribution >= 4 is 24.4 Å². The standard InChI is InChI=1S/C10H7BF4NO2.K/c1-5-2-6(12)3-7-8(5)16(4-11(13,14)15)10(18)9(7)17;/h2-3H,4H2,1H3;/q-1;+1. The van der Waals surface area contributed by atoms with Crippen molar-refractivity contribution in [3.8, 4) is 0 Å². The van der Waals surface area contributed by atoms with E-state index in [2.05, 4.69) is 0 Å². The van der Waals surface area contributed by atoms with E-state index in [1.807, 2.05) is 0 Å². The largest absolute Gasteiger partial charge is 1.00 e. The first-order valence-electron chi connectivity index (χ1n) is 5.08. The summed E-state index contributed by atoms with van der Waals surface area (Å²) in [6.45, 7) is -3.91. The summed E-state index contributed by atoms with van der Waals surface area (Å²) >= 11 is 0. The van der Waals surface area contributed by atoms with Crippen LogP contribution >= 0.6 is 0 Å². The number of hydrogen-bond acceptors (Lipinski definition) is 2. The summed E-state index contributed by atoms with van der Waals surface area (Å²) in [6.07, 6.45) is -1.50. The summed E-state index contributed by atoms with van der Waals surface area (Å²) in [5.74, 6) is -3.13. The molecule has 0 atom stereocenters. The van der Waals surface area contributed by atoms with Gasteiger partial charge in [-0.15, -0.1) is 0 Å². The van der Waals surface area contributed by atoms with Gasteiger partial charge in [0.1, 0.15) is 5.82 Å². The van der Waals surface area contributed by atoms with E-state index in [-0.39, 0.29) is 68.2 Å². The summed E-state index contributed by atoms with van der Waals surface area (Å²) in [7, 11) is 0. The van der Waals surface area contributed by atoms with E-state index in [4.69, 9.17) is 0 Å². The van der Waals surface area contributed by atoms with Gasteiger partial charge in [0, 0.05) is 0 Å². The Balaban J connectivity index is 0.00000180. The van der Waals surface area contributed by atoms with Crippen LogP contribution in [0.3, 0.4) is 0 Å². The number of halogens is 4. The molecule has 1 aliphatic heterocycles. The molecule has 1 aromatic rings. The Morgan fingerprint density at radius 3 is 2.32 bits per heavy atom. The average Bonchev–Trinajstić information content (AvgIpc) is 2.42. The molecular formula is C10H7BF4KNO2. The fourth-order valence-corrected chi connectivity index (χ4v) is 1.99. The van der Waals surface area contributed by atoms with Gasteiger partial charge in [0.2, 0.25) is 0 Å². The zero-order valence-corrected chi connectivity index (χ0v) is 13.3. The molecule has 1 heterocycles. The van der Waals surface area contributed by atoms with Gasteiger partial charge in [0.05, 0.1) is 11.3 Å². The van der Waals surface area contributed by atoms with Gasteiger partial charge < -0.3 is 17.8 Å². The molecule has 2 rings (SSSR count). The van der Waals surface area contributed by atoms with Crippen LogP contribution in [0.5, 0.6) is 0 Å². The number of carbonyl (C=O) groups is 2. The van der Waals surface area contributed by atoms with E-state index in [1.165, 1.54) is 6.92 Å². The molecule has 0 saturated carbocycles. The van der Waals surface area contributed by atoms with E-state index < -0.39 is 30.9 Å². The summed E-state index contributed by atoms with van der Waals surface area (Å²) in [5.41, 5.74) is -0.326. The van der Waals surface area contributed by atoms with E-state index in [0.717, 1.165) is 12.1 Å². The third-order valence-electron chi connectivity index (χ3n) is 2.61. The Morgan fingerprint density at radius 1 is 1.21 bits per heavy atom. The first-order valence-corrected chi connectivity index (χ1v) is 5.08. The number of benzene rings is 1. The van der Waals surface area contributed by atoms with Crippen molar-refractivity contribution in [2.75, 3.05) is 11.3 Å². The number of ketones is 1. The van der Waals surface area contributed by atoms with E-state index >= 15 is 0 Å². The molecule has 96 valence electrons. The van der Waals surface area contributed by atoms with Crippen molar-refractivity contribution < 1.29 is 78.3 Å². The van der Waals surface area contributed by atoms with Crippen molar-refractivity contribution in [3.63, 3.8) is 0 Å². The van der Waals surface area contributed by atoms with E-state index in [9.17, 15) is 26.9 Å². The monoisotopic (exact) mass is 299 g/mol. The SMILES string of the molecule is Cc1cc(F)cc2c1N(C[B-](F)(F)F)C(=O)C2=O.[K+]. The van der Waals surface area contributed by atoms with E-state index in [1.54, 1.807) is 0 Å². The molecule has 1 aromatic carbocycles. The molecule has 1 aliphatic rings. The number of amides is 1. The first-order chi connectivity index (χ1) is 8.20. The maximum Gasteiger partial charge on any atom is 1.00 e. The van der Waals surface area contributed by atoms with Crippen LogP contribution < -0.4 is 56.3 Å². The Labute approximate surface area is 148 Å². The molecule has 0 N–H and O–H groups in total. The van der Waals surface area contributed by atoms with Crippen LogP contribution in [0.15, 0.2) is 12.1 Å². The van der Waals surface area contributed by atoms with Gasteiger partial charge in [-0.1, -0.05) is 0 Å². The third-order valence-corrected chi connectivity index (χ3v) is 2.61. The maximum atomic E-state index is 13.1. The minimum atomic E-state index is -5.26. The number of fused-ring (bicyclic) bond motifs is 1. The minimum Gasteiger partial charge on any atom is -0.448 e. The molecular weight excluding hydrogens is 292 g/mol. The number of rotatable bonds is 2. The predicted octanol–water partition coefficient (Wildman–Crippen LogP) is -0.946. The second-order valence-corrected chi connectivity index (χ2v) is 4.07. The Morgan fingerprint density at radius 2 is 1.79 bits per heavy atom. The number of aryl methyl sites for hydroxylation is 1. The van der Waals surface area contributed by atoms with Crippen molar-refractivity contribution in [2.24, 2.45) is 0 Å². The van der Waals surface area contributed by atoms with Gasteiger partial charge in [0.15, 0.2) is 0 Å². The maximum absolute atomic E-state index is 13.1. The Bertz CT molecular complexity index is 561. The number of carbonyl (C=O) groups excluding carboxylic acids is 2. The minimum absolute atomic E-state index is 0. The number of hydrogen-bond donors (Lipinski definition) is 0. The fraction of sp³-hybridized carbons (Fsp3) is 0.200. The Kier molecular flexibility index (Phi) is 5.00. The van der Waals surface area contributed by atoms with Crippen LogP contribution in [0, 0.1) is 12.7 Å². The van der Waals surface area contributed by atoms with Gasteiger partial charge in [-0.25, -0.2) is 4.39 Å². The van der Waals surface area contributed by atoms with Crippen LogP contribution in [0.4, 0.5) is 23.0 Å². The zero-order valence-electron chi connectivity index (χ0n) is 10.2. The molecule has 0 radical (unpaired) electrons. The molecule has 0 saturated heterocycles. The van der Waals surface area contributed by atoms with Gasteiger partial charge in [-0.2, -0.15) is 0 Å². The van der Waals surface area contributed by atoms with Crippen molar-refractivity contribution in [2.45, 2.75) is 6.92 Å². The smallest absolute Gasteiger partial charge is 0.448 e. The summed E-state index contributed by atoms with van der Waals surface area (Å²) in [6, 6.07) is 1.77. The Hall–Kier alpha value is -0.219. The van der Waals surface area contributed by atoms with Gasteiger partial charge in [0.25, 0.3) is 11.7 Å². The zero-order chi connectivity index (χ0) is 13.7. The molecule has 0 spiro atoms. The van der Waals surface area contributed by atoms with Crippen LogP contribution in [-0.4, -0.2) is 25.1 Å². The molecule has 9 heteroatoms. The summed E-state index contributed by atoms with van der Waals surface area (Å²) < 4.78 is 50.3. The molecule has 0 fully saturated rings. The topological polar surface area (TPSA) is 37.4 Å². The molecule has 0 aromatic heterocycles. The van der Waals surface area contributed by atoms with Crippen LogP contribution in [0.1, 0.15) is 15.9 Å². The van der Waals surface area contributed by atoms with Crippen molar-refractivity contribution in [1.82, 2.24) is 0 Å². The van der Waals surface area contributed by atoms with Gasteiger partial charge in [-0.3, -0.25) is 9.59 Å². The predicted molar refractivity (Wildman–Crippen MR) is 56.9 cm³/mol. The average molecular weight is 299 g/mol. The van der Waals surface area contributed by atoms with Gasteiger partial charge in [-0.05, 0) is 31.1 Å². The molecule has 19 heavy (non-hydrogen) atoms. The molecule has 1 amide bonds. The summed E-state index contributed by atoms with van der Waals surface area (Å²) in [5, 5.41) is 0. The van der Waals surface area contributed by atoms with Crippen molar-refractivity contribution in [1.29, 1.82) is 0 Å². The molecule has 0 bridgehead atoms. The quantitative estimate of drug-likeness (QED) is 0.401. The molecule has 0 unspecified atom stereocenters. The normalized spacial score (nSPS) is 14.5. The van der Waals surface area contributed by atoms with Crippen LogP contribution in [-0.2, 0) is 4.79 Å². The molecule has 0 aliphatic carbocycles. The van der Waals surface area contributed by atoms with Gasteiger partial charge >= 0.3 is 58.4 Å². The summed E-state index contributed by atoms with van der Waals surface area (Å²) in [4.78, 5) is 23.3. The number of Topliss-reactive ketones (excluding diaryl/α,β-unsaturated/α-hetero) is 1. The second-order valence-electron chi connectivity index (χ2n) is 4.07. The van der Waals surface area contributed by atoms with Crippen LogP contribution in [0.2, 0.25) is 0 Å².